The third kappa shape index (κ3) is 6.58. The SMILES string of the molecule is CC1OCCC1S(=O)(=O)CCCCCCCCCBr. The van der Waals surface area contributed by atoms with Crippen LogP contribution >= 0.6 is 15.9 Å². The van der Waals surface area contributed by atoms with Crippen LogP contribution in [-0.2, 0) is 14.6 Å². The van der Waals surface area contributed by atoms with Gasteiger partial charge in [-0.05, 0) is 26.2 Å². The fraction of sp³-hybridized carbons (Fsp3) is 1.00. The zero-order chi connectivity index (χ0) is 14.1. The van der Waals surface area contributed by atoms with Gasteiger partial charge in [0.05, 0.1) is 17.1 Å². The van der Waals surface area contributed by atoms with Gasteiger partial charge >= 0.3 is 0 Å². The van der Waals surface area contributed by atoms with E-state index in [9.17, 15) is 8.42 Å². The summed E-state index contributed by atoms with van der Waals surface area (Å²) in [6, 6.07) is 0. The monoisotopic (exact) mass is 354 g/mol. The van der Waals surface area contributed by atoms with Gasteiger partial charge in [0.25, 0.3) is 0 Å². The molecule has 0 bridgehead atoms. The summed E-state index contributed by atoms with van der Waals surface area (Å²) in [7, 11) is -2.94. The molecule has 1 aliphatic heterocycles. The molecule has 3 nitrogen and oxygen atoms in total. The quantitative estimate of drug-likeness (QED) is 0.443. The van der Waals surface area contributed by atoms with Gasteiger partial charge in [-0.25, -0.2) is 8.42 Å². The number of alkyl halides is 1. The molecular formula is C14H27BrO3S. The number of unbranched alkanes of at least 4 members (excludes halogenated alkanes) is 6. The van der Waals surface area contributed by atoms with Crippen molar-refractivity contribution in [3.63, 3.8) is 0 Å². The second-order valence-corrected chi connectivity index (χ2v) is 8.57. The van der Waals surface area contributed by atoms with E-state index in [0.717, 1.165) is 24.6 Å². The van der Waals surface area contributed by atoms with Gasteiger partial charge in [0.15, 0.2) is 9.84 Å². The lowest BCUT2D eigenvalue weighted by Gasteiger charge is -2.14. The van der Waals surface area contributed by atoms with Gasteiger partial charge in [-0.15, -0.1) is 0 Å². The van der Waals surface area contributed by atoms with E-state index in [4.69, 9.17) is 4.74 Å². The van der Waals surface area contributed by atoms with Crippen LogP contribution in [0.2, 0.25) is 0 Å². The molecule has 0 aromatic rings. The maximum Gasteiger partial charge on any atom is 0.155 e. The molecule has 0 aromatic carbocycles. The molecule has 0 spiro atoms. The van der Waals surface area contributed by atoms with Crippen molar-refractivity contribution in [3.8, 4) is 0 Å². The highest BCUT2D eigenvalue weighted by atomic mass is 79.9. The minimum atomic E-state index is -2.94. The number of sulfone groups is 1. The molecule has 0 aromatic heterocycles. The molecule has 0 amide bonds. The smallest absolute Gasteiger partial charge is 0.155 e. The van der Waals surface area contributed by atoms with Crippen LogP contribution in [0.1, 0.15) is 58.3 Å². The van der Waals surface area contributed by atoms with Gasteiger partial charge < -0.3 is 4.74 Å². The lowest BCUT2D eigenvalue weighted by molar-refractivity contribution is 0.126. The number of rotatable bonds is 10. The Morgan fingerprint density at radius 2 is 1.63 bits per heavy atom. The van der Waals surface area contributed by atoms with Crippen LogP contribution < -0.4 is 0 Å². The Balaban J connectivity index is 2.08. The van der Waals surface area contributed by atoms with Gasteiger partial charge in [-0.3, -0.25) is 0 Å². The van der Waals surface area contributed by atoms with Gasteiger partial charge in [0.1, 0.15) is 0 Å². The zero-order valence-electron chi connectivity index (χ0n) is 11.9. The van der Waals surface area contributed by atoms with Crippen molar-refractivity contribution in [1.82, 2.24) is 0 Å². The van der Waals surface area contributed by atoms with Crippen LogP contribution in [0, 0.1) is 0 Å². The fourth-order valence-electron chi connectivity index (χ4n) is 2.62. The summed E-state index contributed by atoms with van der Waals surface area (Å²) in [5.74, 6) is 0.340. The van der Waals surface area contributed by atoms with Gasteiger partial charge in [-0.2, -0.15) is 0 Å². The second-order valence-electron chi connectivity index (χ2n) is 5.43. The van der Waals surface area contributed by atoms with Crippen LogP contribution in [0.15, 0.2) is 0 Å². The molecule has 1 fully saturated rings. The zero-order valence-corrected chi connectivity index (χ0v) is 14.3. The Morgan fingerprint density at radius 1 is 1.05 bits per heavy atom. The molecule has 0 N–H and O–H groups in total. The van der Waals surface area contributed by atoms with Crippen molar-refractivity contribution in [2.24, 2.45) is 0 Å². The average molecular weight is 355 g/mol. The van der Waals surface area contributed by atoms with E-state index in [1.54, 1.807) is 0 Å². The molecular weight excluding hydrogens is 328 g/mol. The Labute approximate surface area is 126 Å². The first-order valence-electron chi connectivity index (χ1n) is 7.47. The molecule has 0 saturated carbocycles. The van der Waals surface area contributed by atoms with Crippen LogP contribution in [0.25, 0.3) is 0 Å². The normalized spacial score (nSPS) is 23.9. The van der Waals surface area contributed by atoms with E-state index in [1.807, 2.05) is 6.92 Å². The fourth-order valence-corrected chi connectivity index (χ4v) is 5.04. The third-order valence-corrected chi connectivity index (χ3v) is 6.79. The van der Waals surface area contributed by atoms with Gasteiger partial charge in [-0.1, -0.05) is 48.0 Å². The molecule has 114 valence electrons. The first kappa shape index (κ1) is 17.4. The number of halogens is 1. The highest BCUT2D eigenvalue weighted by molar-refractivity contribution is 9.09. The summed E-state index contributed by atoms with van der Waals surface area (Å²) >= 11 is 3.43. The van der Waals surface area contributed by atoms with Crippen LogP contribution in [-0.4, -0.2) is 37.5 Å². The molecule has 5 heteroatoms. The summed E-state index contributed by atoms with van der Waals surface area (Å²) in [6.07, 6.45) is 8.59. The number of hydrogen-bond donors (Lipinski definition) is 0. The van der Waals surface area contributed by atoms with Crippen molar-refractivity contribution in [1.29, 1.82) is 0 Å². The largest absolute Gasteiger partial charge is 0.377 e. The van der Waals surface area contributed by atoms with Crippen molar-refractivity contribution in [2.75, 3.05) is 17.7 Å². The van der Waals surface area contributed by atoms with Crippen LogP contribution in [0.5, 0.6) is 0 Å². The van der Waals surface area contributed by atoms with Crippen molar-refractivity contribution >= 4 is 25.8 Å². The number of hydrogen-bond acceptors (Lipinski definition) is 3. The molecule has 0 aliphatic carbocycles. The standard InChI is InChI=1S/C14H27BrO3S/c1-13-14(9-11-18-13)19(16,17)12-8-6-4-2-3-5-7-10-15/h13-14H,2-12H2,1H3. The predicted molar refractivity (Wildman–Crippen MR) is 83.7 cm³/mol. The summed E-state index contributed by atoms with van der Waals surface area (Å²) in [5.41, 5.74) is 0. The lowest BCUT2D eigenvalue weighted by Crippen LogP contribution is -2.30. The minimum absolute atomic E-state index is 0.116. The average Bonchev–Trinajstić information content (AvgIpc) is 2.80. The first-order valence-corrected chi connectivity index (χ1v) is 10.3. The summed E-state index contributed by atoms with van der Waals surface area (Å²) in [4.78, 5) is 0. The van der Waals surface area contributed by atoms with Crippen molar-refractivity contribution < 1.29 is 13.2 Å². The molecule has 1 rings (SSSR count). The van der Waals surface area contributed by atoms with Crippen LogP contribution in [0.4, 0.5) is 0 Å². The minimum Gasteiger partial charge on any atom is -0.377 e. The summed E-state index contributed by atoms with van der Waals surface area (Å²) in [5, 5.41) is 0.832. The van der Waals surface area contributed by atoms with E-state index in [-0.39, 0.29) is 11.4 Å². The van der Waals surface area contributed by atoms with E-state index in [2.05, 4.69) is 15.9 Å². The van der Waals surface area contributed by atoms with Gasteiger partial charge in [0, 0.05) is 11.9 Å². The van der Waals surface area contributed by atoms with E-state index in [1.165, 1.54) is 25.7 Å². The highest BCUT2D eigenvalue weighted by Gasteiger charge is 2.34. The Morgan fingerprint density at radius 3 is 2.16 bits per heavy atom. The Bertz CT molecular complexity index is 330. The molecule has 2 atom stereocenters. The summed E-state index contributed by atoms with van der Waals surface area (Å²) in [6.45, 7) is 2.47. The van der Waals surface area contributed by atoms with Crippen LogP contribution in [0.3, 0.4) is 0 Å². The molecule has 1 heterocycles. The molecule has 2 unspecified atom stereocenters. The van der Waals surface area contributed by atoms with Crippen molar-refractivity contribution in [2.45, 2.75) is 69.6 Å². The third-order valence-electron chi connectivity index (χ3n) is 3.83. The second kappa shape index (κ2) is 9.35. The Kier molecular flexibility index (Phi) is 8.58. The van der Waals surface area contributed by atoms with E-state index in [0.29, 0.717) is 18.8 Å². The molecule has 0 radical (unpaired) electrons. The number of ether oxygens (including phenoxy) is 1. The topological polar surface area (TPSA) is 43.4 Å². The lowest BCUT2D eigenvalue weighted by atomic mass is 10.1. The maximum absolute atomic E-state index is 12.1. The van der Waals surface area contributed by atoms with E-state index < -0.39 is 9.84 Å². The molecule has 19 heavy (non-hydrogen) atoms. The maximum atomic E-state index is 12.1. The highest BCUT2D eigenvalue weighted by Crippen LogP contribution is 2.22. The van der Waals surface area contributed by atoms with Gasteiger partial charge in [0.2, 0.25) is 0 Å². The Hall–Kier alpha value is 0.390. The molecule has 1 saturated heterocycles. The van der Waals surface area contributed by atoms with Crippen molar-refractivity contribution in [3.05, 3.63) is 0 Å². The molecule has 1 aliphatic rings. The summed E-state index contributed by atoms with van der Waals surface area (Å²) < 4.78 is 29.6. The van der Waals surface area contributed by atoms with E-state index >= 15 is 0 Å². The first-order chi connectivity index (χ1) is 9.08. The predicted octanol–water partition coefficient (Wildman–Crippen LogP) is 3.70.